The van der Waals surface area contributed by atoms with Gasteiger partial charge in [0.1, 0.15) is 0 Å². The number of nitro benzene ring substituents is 2. The van der Waals surface area contributed by atoms with Gasteiger partial charge in [-0.15, -0.1) is 0 Å². The van der Waals surface area contributed by atoms with Crippen LogP contribution in [0, 0.1) is 26.0 Å². The minimum Gasteiger partial charge on any atom is -0.490 e. The number of carbonyl (C=O) groups is 1. The van der Waals surface area contributed by atoms with Crippen molar-refractivity contribution in [1.82, 2.24) is 5.32 Å². The number of nitrogens with zero attached hydrogens (tertiary/aromatic N) is 2. The van der Waals surface area contributed by atoms with E-state index in [1.807, 2.05) is 0 Å². The summed E-state index contributed by atoms with van der Waals surface area (Å²) < 4.78 is 18.6. The molecule has 0 aliphatic heterocycles. The van der Waals surface area contributed by atoms with E-state index in [9.17, 15) is 29.4 Å². The molecule has 0 fully saturated rings. The number of ether oxygens (including phenoxy) is 1. The van der Waals surface area contributed by atoms with Crippen molar-refractivity contribution in [3.63, 3.8) is 0 Å². The maximum absolute atomic E-state index is 13.3. The number of hydrogen-bond acceptors (Lipinski definition) is 6. The summed E-state index contributed by atoms with van der Waals surface area (Å²) in [6, 6.07) is 8.56. The maximum Gasteiger partial charge on any atom is 0.277 e. The molecule has 2 aromatic carbocycles. The molecule has 0 spiro atoms. The molecule has 2 rings (SSSR count). The number of rotatable bonds is 8. The van der Waals surface area contributed by atoms with Crippen molar-refractivity contribution in [2.45, 2.75) is 6.42 Å². The van der Waals surface area contributed by atoms with E-state index in [-0.39, 0.29) is 24.5 Å². The van der Waals surface area contributed by atoms with Crippen molar-refractivity contribution in [2.75, 3.05) is 13.2 Å². The predicted molar refractivity (Wildman–Crippen MR) is 88.6 cm³/mol. The van der Waals surface area contributed by atoms with Crippen LogP contribution in [0.1, 0.15) is 16.8 Å². The van der Waals surface area contributed by atoms with Crippen LogP contribution in [0.15, 0.2) is 42.5 Å². The van der Waals surface area contributed by atoms with Crippen molar-refractivity contribution in [1.29, 1.82) is 0 Å². The number of benzene rings is 2. The smallest absolute Gasteiger partial charge is 0.277 e. The van der Waals surface area contributed by atoms with Crippen LogP contribution in [0.2, 0.25) is 0 Å². The summed E-state index contributed by atoms with van der Waals surface area (Å²) in [4.78, 5) is 32.0. The second-order valence-electron chi connectivity index (χ2n) is 5.14. The van der Waals surface area contributed by atoms with E-state index < -0.39 is 32.9 Å². The fourth-order valence-electron chi connectivity index (χ4n) is 2.06. The Morgan fingerprint density at radius 3 is 2.27 bits per heavy atom. The maximum atomic E-state index is 13.3. The molecule has 0 unspecified atom stereocenters. The number of halogens is 1. The number of hydrogen-bond donors (Lipinski definition) is 1. The molecule has 0 saturated heterocycles. The molecule has 2 aromatic rings. The van der Waals surface area contributed by atoms with Gasteiger partial charge in [-0.2, -0.15) is 0 Å². The minimum absolute atomic E-state index is 0.0909. The lowest BCUT2D eigenvalue weighted by molar-refractivity contribution is -0.394. The Bertz CT molecular complexity index is 810. The Morgan fingerprint density at radius 1 is 1.08 bits per heavy atom. The van der Waals surface area contributed by atoms with Crippen LogP contribution in [0.4, 0.5) is 15.8 Å². The zero-order chi connectivity index (χ0) is 19.1. The van der Waals surface area contributed by atoms with Crippen LogP contribution in [0.25, 0.3) is 0 Å². The van der Waals surface area contributed by atoms with Crippen molar-refractivity contribution in [2.24, 2.45) is 0 Å². The molecule has 10 heteroatoms. The van der Waals surface area contributed by atoms with Crippen LogP contribution in [0.3, 0.4) is 0 Å². The lowest BCUT2D eigenvalue weighted by Crippen LogP contribution is -2.25. The number of amides is 1. The van der Waals surface area contributed by atoms with Gasteiger partial charge in [0, 0.05) is 18.7 Å². The standard InChI is InChI=1S/C16H14FN3O6/c17-14-4-1-2-5-15(14)26-7-3-6-18-16(21)11-8-12(19(22)23)10-13(9-11)20(24)25/h1-2,4-5,8-10H,3,6-7H2,(H,18,21). The van der Waals surface area contributed by atoms with Crippen LogP contribution in [0.5, 0.6) is 5.75 Å². The van der Waals surface area contributed by atoms with E-state index in [4.69, 9.17) is 4.74 Å². The molecule has 0 atom stereocenters. The predicted octanol–water partition coefficient (Wildman–Crippen LogP) is 2.84. The molecule has 0 saturated carbocycles. The average Bonchev–Trinajstić information content (AvgIpc) is 2.62. The van der Waals surface area contributed by atoms with E-state index in [0.29, 0.717) is 6.42 Å². The number of nitrogens with one attached hydrogen (secondary N) is 1. The van der Waals surface area contributed by atoms with Crippen LogP contribution in [-0.4, -0.2) is 28.9 Å². The Morgan fingerprint density at radius 2 is 1.69 bits per heavy atom. The topological polar surface area (TPSA) is 125 Å². The molecule has 0 heterocycles. The van der Waals surface area contributed by atoms with Crippen molar-refractivity contribution in [3.8, 4) is 5.75 Å². The lowest BCUT2D eigenvalue weighted by Gasteiger charge is -2.08. The third-order valence-electron chi connectivity index (χ3n) is 3.29. The van der Waals surface area contributed by atoms with Gasteiger partial charge in [-0.05, 0) is 18.6 Å². The number of non-ortho nitro benzene ring substituents is 2. The van der Waals surface area contributed by atoms with Gasteiger partial charge in [0.25, 0.3) is 17.3 Å². The molecular weight excluding hydrogens is 349 g/mol. The minimum atomic E-state index is -0.813. The van der Waals surface area contributed by atoms with Crippen molar-refractivity contribution >= 4 is 17.3 Å². The van der Waals surface area contributed by atoms with Gasteiger partial charge in [-0.1, -0.05) is 12.1 Å². The molecule has 9 nitrogen and oxygen atoms in total. The van der Waals surface area contributed by atoms with E-state index in [1.54, 1.807) is 6.07 Å². The monoisotopic (exact) mass is 363 g/mol. The number of nitro groups is 2. The highest BCUT2D eigenvalue weighted by Gasteiger charge is 2.19. The van der Waals surface area contributed by atoms with Gasteiger partial charge in [0.15, 0.2) is 11.6 Å². The average molecular weight is 363 g/mol. The summed E-state index contributed by atoms with van der Waals surface area (Å²) in [5.41, 5.74) is -1.29. The zero-order valence-electron chi connectivity index (χ0n) is 13.4. The fraction of sp³-hybridized carbons (Fsp3) is 0.188. The van der Waals surface area contributed by atoms with Crippen LogP contribution in [-0.2, 0) is 0 Å². The Kier molecular flexibility index (Phi) is 6.15. The zero-order valence-corrected chi connectivity index (χ0v) is 13.4. The first-order valence-corrected chi connectivity index (χ1v) is 7.48. The van der Waals surface area contributed by atoms with Gasteiger partial charge < -0.3 is 10.1 Å². The van der Waals surface area contributed by atoms with Gasteiger partial charge in [-0.3, -0.25) is 25.0 Å². The fourth-order valence-corrected chi connectivity index (χ4v) is 2.06. The second kappa shape index (κ2) is 8.51. The second-order valence-corrected chi connectivity index (χ2v) is 5.14. The van der Waals surface area contributed by atoms with Crippen LogP contribution >= 0.6 is 0 Å². The molecule has 136 valence electrons. The Labute approximate surface area is 146 Å². The highest BCUT2D eigenvalue weighted by molar-refractivity contribution is 5.95. The molecule has 0 aromatic heterocycles. The Hall–Kier alpha value is -3.56. The van der Waals surface area contributed by atoms with E-state index in [2.05, 4.69) is 5.32 Å². The SMILES string of the molecule is O=C(NCCCOc1ccccc1F)c1cc([N+](=O)[O-])cc([N+](=O)[O-])c1. The Balaban J connectivity index is 1.90. The molecule has 0 bridgehead atoms. The largest absolute Gasteiger partial charge is 0.490 e. The number of carbonyl (C=O) groups excluding carboxylic acids is 1. The molecule has 1 amide bonds. The quantitative estimate of drug-likeness (QED) is 0.437. The summed E-state index contributed by atoms with van der Waals surface area (Å²) in [6.07, 6.45) is 0.344. The number of para-hydroxylation sites is 1. The first-order valence-electron chi connectivity index (χ1n) is 7.48. The summed E-state index contributed by atoms with van der Waals surface area (Å²) in [7, 11) is 0. The highest BCUT2D eigenvalue weighted by Crippen LogP contribution is 2.22. The first kappa shape index (κ1) is 18.8. The van der Waals surface area contributed by atoms with E-state index >= 15 is 0 Å². The molecule has 0 aliphatic rings. The third kappa shape index (κ3) is 4.97. The molecular formula is C16H14FN3O6. The van der Waals surface area contributed by atoms with Crippen LogP contribution < -0.4 is 10.1 Å². The van der Waals surface area contributed by atoms with Gasteiger partial charge >= 0.3 is 0 Å². The molecule has 1 N–H and O–H groups in total. The van der Waals surface area contributed by atoms with Gasteiger partial charge in [0.05, 0.1) is 28.1 Å². The summed E-state index contributed by atoms with van der Waals surface area (Å²) in [6.45, 7) is 0.278. The lowest BCUT2D eigenvalue weighted by atomic mass is 10.1. The molecule has 0 aliphatic carbocycles. The molecule has 0 radical (unpaired) electrons. The van der Waals surface area contributed by atoms with E-state index in [0.717, 1.165) is 18.2 Å². The summed E-state index contributed by atoms with van der Waals surface area (Å²) in [5.74, 6) is -1.10. The van der Waals surface area contributed by atoms with Crippen molar-refractivity contribution < 1.29 is 23.8 Å². The molecule has 26 heavy (non-hydrogen) atoms. The normalized spacial score (nSPS) is 10.2. The highest BCUT2D eigenvalue weighted by atomic mass is 19.1. The third-order valence-corrected chi connectivity index (χ3v) is 3.29. The van der Waals surface area contributed by atoms with Gasteiger partial charge in [0.2, 0.25) is 0 Å². The summed E-state index contributed by atoms with van der Waals surface area (Å²) in [5, 5.41) is 24.1. The summed E-state index contributed by atoms with van der Waals surface area (Å²) >= 11 is 0. The van der Waals surface area contributed by atoms with Gasteiger partial charge in [-0.25, -0.2) is 4.39 Å². The first-order chi connectivity index (χ1) is 12.4. The van der Waals surface area contributed by atoms with E-state index in [1.165, 1.54) is 18.2 Å². The van der Waals surface area contributed by atoms with Crippen molar-refractivity contribution in [3.05, 3.63) is 74.1 Å².